The van der Waals surface area contributed by atoms with E-state index < -0.39 is 5.41 Å². The molecule has 320 valence electrons. The molecule has 5 nitrogen and oxygen atoms in total. The average molecular weight is 880 g/mol. The highest BCUT2D eigenvalue weighted by molar-refractivity contribution is 6.13. The lowest BCUT2D eigenvalue weighted by molar-refractivity contribution is 0.668. The summed E-state index contributed by atoms with van der Waals surface area (Å²) in [4.78, 5) is 15.4. The third-order valence-corrected chi connectivity index (χ3v) is 14.6. The first-order chi connectivity index (χ1) is 34.2. The van der Waals surface area contributed by atoms with Gasteiger partial charge in [-0.05, 0) is 115 Å². The summed E-state index contributed by atoms with van der Waals surface area (Å²) in [7, 11) is 0. The van der Waals surface area contributed by atoms with Crippen LogP contribution in [-0.4, -0.2) is 15.0 Å². The predicted octanol–water partition coefficient (Wildman–Crippen LogP) is 16.3. The molecule has 15 rings (SSSR count). The number of nitrogens with zero attached hydrogens (tertiary/aromatic N) is 3. The highest BCUT2D eigenvalue weighted by atomic mass is 16.3. The summed E-state index contributed by atoms with van der Waals surface area (Å²) in [6.45, 7) is 0. The lowest BCUT2D eigenvalue weighted by Crippen LogP contribution is -2.25. The predicted molar refractivity (Wildman–Crippen MR) is 278 cm³/mol. The largest absolute Gasteiger partial charge is 0.456 e. The number of hydrogen-bond acceptors (Lipinski definition) is 5. The Kier molecular flexibility index (Phi) is 7.93. The zero-order valence-electron chi connectivity index (χ0n) is 37.0. The monoisotopic (exact) mass is 879 g/mol. The van der Waals surface area contributed by atoms with Crippen molar-refractivity contribution < 1.29 is 8.83 Å². The second kappa shape index (κ2) is 14.4. The fourth-order valence-electron chi connectivity index (χ4n) is 11.6. The Morgan fingerprint density at radius 3 is 1.51 bits per heavy atom. The van der Waals surface area contributed by atoms with Crippen LogP contribution in [0.1, 0.15) is 22.3 Å². The van der Waals surface area contributed by atoms with Gasteiger partial charge < -0.3 is 8.83 Å². The highest BCUT2D eigenvalue weighted by Gasteiger charge is 2.51. The van der Waals surface area contributed by atoms with E-state index in [9.17, 15) is 0 Å². The number of hydrogen-bond donors (Lipinski definition) is 0. The molecule has 0 unspecified atom stereocenters. The first-order valence-electron chi connectivity index (χ1n) is 23.4. The van der Waals surface area contributed by atoms with Gasteiger partial charge in [0.25, 0.3) is 0 Å². The number of aromatic nitrogens is 3. The summed E-state index contributed by atoms with van der Waals surface area (Å²) < 4.78 is 12.9. The number of furan rings is 2. The van der Waals surface area contributed by atoms with Crippen LogP contribution in [0.5, 0.6) is 0 Å². The zero-order chi connectivity index (χ0) is 45.2. The van der Waals surface area contributed by atoms with Crippen LogP contribution in [0.15, 0.2) is 233 Å². The highest BCUT2D eigenvalue weighted by Crippen LogP contribution is 2.63. The van der Waals surface area contributed by atoms with Crippen LogP contribution in [0.25, 0.3) is 123 Å². The Morgan fingerprint density at radius 2 is 0.754 bits per heavy atom. The number of para-hydroxylation sites is 1. The molecule has 13 aromatic rings. The zero-order valence-corrected chi connectivity index (χ0v) is 37.0. The van der Waals surface area contributed by atoms with E-state index in [0.717, 1.165) is 77.3 Å². The van der Waals surface area contributed by atoms with Crippen molar-refractivity contribution in [2.75, 3.05) is 0 Å². The van der Waals surface area contributed by atoms with E-state index in [0.29, 0.717) is 17.5 Å². The minimum Gasteiger partial charge on any atom is -0.456 e. The van der Waals surface area contributed by atoms with Crippen molar-refractivity contribution in [3.8, 4) is 78.7 Å². The first kappa shape index (κ1) is 38.0. The number of benzene rings is 10. The summed E-state index contributed by atoms with van der Waals surface area (Å²) in [5.41, 5.74) is 20.5. The molecule has 0 amide bonds. The third kappa shape index (κ3) is 5.50. The van der Waals surface area contributed by atoms with Crippen LogP contribution >= 0.6 is 0 Å². The van der Waals surface area contributed by atoms with Crippen molar-refractivity contribution in [2.45, 2.75) is 5.41 Å². The summed E-state index contributed by atoms with van der Waals surface area (Å²) in [5.74, 6) is 1.71. The molecule has 0 fully saturated rings. The van der Waals surface area contributed by atoms with Crippen LogP contribution in [0, 0.1) is 0 Å². The van der Waals surface area contributed by atoms with Crippen LogP contribution in [0.4, 0.5) is 0 Å². The molecule has 3 aromatic heterocycles. The molecule has 10 aromatic carbocycles. The van der Waals surface area contributed by atoms with Crippen LogP contribution in [-0.2, 0) is 5.41 Å². The van der Waals surface area contributed by atoms with Crippen molar-refractivity contribution in [3.05, 3.63) is 247 Å². The van der Waals surface area contributed by atoms with Gasteiger partial charge in [-0.2, -0.15) is 0 Å². The molecule has 0 N–H and O–H groups in total. The molecule has 0 saturated heterocycles. The Bertz CT molecular complexity index is 4210. The van der Waals surface area contributed by atoms with Gasteiger partial charge in [0.05, 0.1) is 5.41 Å². The Hall–Kier alpha value is -9.19. The smallest absolute Gasteiger partial charge is 0.164 e. The van der Waals surface area contributed by atoms with E-state index in [2.05, 4.69) is 158 Å². The maximum Gasteiger partial charge on any atom is 0.164 e. The van der Waals surface area contributed by atoms with Gasteiger partial charge in [-0.3, -0.25) is 0 Å². The standard InChI is InChI=1S/C64H37N3O2/c1-2-14-38(15-3-1)61-65-62(43-29-32-49-48-21-7-11-26-56(48)69-59(49)37-43)67-63(66-61)50-22-13-27-58-60(50)51-35-41(30-33-57(51)68-58)39-16-12-17-40(34-39)42-28-31-47-46-20-6-10-25-54(46)64(55(47)36-42)52-23-8-4-18-44(52)45-19-5-9-24-53(45)64/h1-37H. The molecule has 0 atom stereocenters. The molecule has 0 aliphatic heterocycles. The molecule has 5 heteroatoms. The van der Waals surface area contributed by atoms with Gasteiger partial charge >= 0.3 is 0 Å². The fraction of sp³-hybridized carbons (Fsp3) is 0.0156. The van der Waals surface area contributed by atoms with Crippen LogP contribution < -0.4 is 0 Å². The third-order valence-electron chi connectivity index (χ3n) is 14.6. The molecular weight excluding hydrogens is 843 g/mol. The van der Waals surface area contributed by atoms with Crippen LogP contribution in [0.3, 0.4) is 0 Å². The average Bonchev–Trinajstić information content (AvgIpc) is 4.16. The molecule has 0 bridgehead atoms. The molecule has 3 heterocycles. The topological polar surface area (TPSA) is 65.0 Å². The molecular formula is C64H37N3O2. The summed E-state index contributed by atoms with van der Waals surface area (Å²) in [5, 5.41) is 4.08. The lowest BCUT2D eigenvalue weighted by atomic mass is 9.70. The van der Waals surface area contributed by atoms with E-state index >= 15 is 0 Å². The Morgan fingerprint density at radius 1 is 0.261 bits per heavy atom. The summed E-state index contributed by atoms with van der Waals surface area (Å²) >= 11 is 0. The van der Waals surface area contributed by atoms with Gasteiger partial charge in [-0.25, -0.2) is 15.0 Å². The molecule has 1 spiro atoms. The minimum absolute atomic E-state index is 0.402. The first-order valence-corrected chi connectivity index (χ1v) is 23.4. The van der Waals surface area contributed by atoms with Gasteiger partial charge in [0.2, 0.25) is 0 Å². The SMILES string of the molecule is c1ccc(-c2nc(-c3ccc4c(c3)oc3ccccc34)nc(-c3cccc4oc5ccc(-c6cccc(-c7ccc8c(c7)C7(c9ccccc9-c9ccccc97)c7ccccc7-8)c6)cc5c34)n2)cc1. The van der Waals surface area contributed by atoms with Gasteiger partial charge in [0.15, 0.2) is 17.5 Å². The van der Waals surface area contributed by atoms with E-state index in [-0.39, 0.29) is 0 Å². The molecule has 2 aliphatic rings. The molecule has 0 radical (unpaired) electrons. The van der Waals surface area contributed by atoms with Crippen molar-refractivity contribution in [3.63, 3.8) is 0 Å². The van der Waals surface area contributed by atoms with Crippen molar-refractivity contribution in [1.29, 1.82) is 0 Å². The fourth-order valence-corrected chi connectivity index (χ4v) is 11.6. The molecule has 69 heavy (non-hydrogen) atoms. The summed E-state index contributed by atoms with van der Waals surface area (Å²) in [6.07, 6.45) is 0. The van der Waals surface area contributed by atoms with E-state index in [4.69, 9.17) is 23.8 Å². The maximum atomic E-state index is 6.59. The second-order valence-electron chi connectivity index (χ2n) is 18.2. The Labute approximate surface area is 396 Å². The lowest BCUT2D eigenvalue weighted by Gasteiger charge is -2.30. The summed E-state index contributed by atoms with van der Waals surface area (Å²) in [6, 6.07) is 80.0. The van der Waals surface area contributed by atoms with Crippen molar-refractivity contribution >= 4 is 43.9 Å². The molecule has 0 saturated carbocycles. The number of rotatable bonds is 5. The van der Waals surface area contributed by atoms with Crippen molar-refractivity contribution in [2.24, 2.45) is 0 Å². The quantitative estimate of drug-likeness (QED) is 0.172. The van der Waals surface area contributed by atoms with E-state index in [1.165, 1.54) is 50.1 Å². The second-order valence-corrected chi connectivity index (χ2v) is 18.2. The van der Waals surface area contributed by atoms with Crippen molar-refractivity contribution in [1.82, 2.24) is 15.0 Å². The minimum atomic E-state index is -0.402. The van der Waals surface area contributed by atoms with E-state index in [1.54, 1.807) is 0 Å². The molecule has 2 aliphatic carbocycles. The maximum absolute atomic E-state index is 6.59. The van der Waals surface area contributed by atoms with Gasteiger partial charge in [-0.15, -0.1) is 0 Å². The van der Waals surface area contributed by atoms with E-state index in [1.807, 2.05) is 66.7 Å². The van der Waals surface area contributed by atoms with Gasteiger partial charge in [0.1, 0.15) is 22.3 Å². The van der Waals surface area contributed by atoms with Gasteiger partial charge in [0, 0.05) is 38.2 Å². The van der Waals surface area contributed by atoms with Gasteiger partial charge in [-0.1, -0.05) is 176 Å². The number of fused-ring (bicyclic) bond motifs is 16. The Balaban J connectivity index is 0.860. The van der Waals surface area contributed by atoms with Crippen LogP contribution in [0.2, 0.25) is 0 Å². The normalized spacial score (nSPS) is 13.0.